The highest BCUT2D eigenvalue weighted by atomic mass is 35.5. The van der Waals surface area contributed by atoms with Gasteiger partial charge >= 0.3 is 0 Å². The lowest BCUT2D eigenvalue weighted by atomic mass is 10.1. The molecule has 25 heavy (non-hydrogen) atoms. The van der Waals surface area contributed by atoms with Gasteiger partial charge in [0.2, 0.25) is 5.95 Å². The van der Waals surface area contributed by atoms with Crippen LogP contribution in [0.3, 0.4) is 0 Å². The van der Waals surface area contributed by atoms with E-state index in [0.29, 0.717) is 33.7 Å². The number of aryl methyl sites for hydroxylation is 1. The molecule has 0 saturated carbocycles. The normalized spacial score (nSPS) is 10.5. The number of Topliss-reactive ketones (excluding diaryl/α,β-unsaturated/α-hetero) is 1. The number of oxazole rings is 1. The Kier molecular flexibility index (Phi) is 4.95. The Morgan fingerprint density at radius 2 is 2.12 bits per heavy atom. The van der Waals surface area contributed by atoms with Crippen LogP contribution in [-0.4, -0.2) is 27.8 Å². The molecule has 0 spiro atoms. The summed E-state index contributed by atoms with van der Waals surface area (Å²) < 4.78 is 4.89. The number of halogens is 1. The molecule has 0 amide bonds. The van der Waals surface area contributed by atoms with Crippen LogP contribution >= 0.6 is 11.6 Å². The highest BCUT2D eigenvalue weighted by Crippen LogP contribution is 2.24. The maximum absolute atomic E-state index is 12.5. The van der Waals surface area contributed by atoms with Gasteiger partial charge in [-0.3, -0.25) is 4.79 Å². The molecule has 2 heterocycles. The van der Waals surface area contributed by atoms with Crippen molar-refractivity contribution >= 4 is 34.8 Å². The van der Waals surface area contributed by atoms with Crippen LogP contribution in [0.2, 0.25) is 5.02 Å². The van der Waals surface area contributed by atoms with Crippen molar-refractivity contribution in [2.45, 2.75) is 13.3 Å². The van der Waals surface area contributed by atoms with Crippen molar-refractivity contribution in [2.24, 2.45) is 0 Å². The van der Waals surface area contributed by atoms with Crippen molar-refractivity contribution in [3.8, 4) is 0 Å². The van der Waals surface area contributed by atoms with Gasteiger partial charge in [0.1, 0.15) is 12.1 Å². The number of aromatic nitrogens is 3. The molecule has 3 aromatic rings. The first kappa shape index (κ1) is 16.9. The highest BCUT2D eigenvalue weighted by Gasteiger charge is 2.14. The van der Waals surface area contributed by atoms with E-state index >= 15 is 0 Å². The summed E-state index contributed by atoms with van der Waals surface area (Å²) in [5, 5.41) is 6.44. The van der Waals surface area contributed by atoms with Gasteiger partial charge < -0.3 is 15.1 Å². The van der Waals surface area contributed by atoms with Crippen LogP contribution in [0.5, 0.6) is 0 Å². The van der Waals surface area contributed by atoms with E-state index in [0.717, 1.165) is 5.69 Å². The molecule has 1 aromatic carbocycles. The Hall–Kier alpha value is -2.93. The summed E-state index contributed by atoms with van der Waals surface area (Å²) in [6.45, 7) is 1.88. The summed E-state index contributed by atoms with van der Waals surface area (Å²) >= 11 is 6.17. The molecule has 0 atom stereocenters. The number of rotatable bonds is 6. The molecule has 128 valence electrons. The largest absolute Gasteiger partial charge is 0.451 e. The number of carbonyl (C=O) groups is 1. The molecule has 0 saturated heterocycles. The first-order valence-corrected chi connectivity index (χ1v) is 7.93. The van der Waals surface area contributed by atoms with E-state index in [-0.39, 0.29) is 12.2 Å². The Morgan fingerprint density at radius 1 is 1.28 bits per heavy atom. The van der Waals surface area contributed by atoms with Crippen LogP contribution in [0.4, 0.5) is 17.5 Å². The molecule has 7 nitrogen and oxygen atoms in total. The standard InChI is InChI=1S/C17H16ClN5O2/c1-10-5-16(19-2)23-17(21-10)22-11-3-4-14(18)13(6-11)15(24)7-12-8-25-9-20-12/h3-6,8-9H,7H2,1-2H3,(H2,19,21,22,23). The zero-order valence-corrected chi connectivity index (χ0v) is 14.5. The predicted octanol–water partition coefficient (Wildman–Crippen LogP) is 3.64. The van der Waals surface area contributed by atoms with Crippen molar-refractivity contribution in [1.82, 2.24) is 15.0 Å². The fourth-order valence-electron chi connectivity index (χ4n) is 2.28. The van der Waals surface area contributed by atoms with E-state index in [1.165, 1.54) is 12.7 Å². The van der Waals surface area contributed by atoms with Gasteiger partial charge in [-0.2, -0.15) is 4.98 Å². The van der Waals surface area contributed by atoms with Gasteiger partial charge in [0.15, 0.2) is 12.2 Å². The number of carbonyl (C=O) groups excluding carboxylic acids is 1. The van der Waals surface area contributed by atoms with E-state index in [4.69, 9.17) is 16.0 Å². The smallest absolute Gasteiger partial charge is 0.229 e. The lowest BCUT2D eigenvalue weighted by Gasteiger charge is -2.10. The molecule has 0 radical (unpaired) electrons. The summed E-state index contributed by atoms with van der Waals surface area (Å²) in [6.07, 6.45) is 2.84. The Labute approximate surface area is 149 Å². The molecule has 2 aromatic heterocycles. The number of benzene rings is 1. The average molecular weight is 358 g/mol. The van der Waals surface area contributed by atoms with Gasteiger partial charge in [-0.25, -0.2) is 9.97 Å². The Bertz CT molecular complexity index is 896. The average Bonchev–Trinajstić information content (AvgIpc) is 3.09. The zero-order chi connectivity index (χ0) is 17.8. The third-order valence-corrected chi connectivity index (χ3v) is 3.79. The van der Waals surface area contributed by atoms with Gasteiger partial charge in [0, 0.05) is 30.1 Å². The van der Waals surface area contributed by atoms with E-state index in [2.05, 4.69) is 25.6 Å². The van der Waals surface area contributed by atoms with Gasteiger partial charge in [-0.15, -0.1) is 0 Å². The SMILES string of the molecule is CNc1cc(C)nc(Nc2ccc(Cl)c(C(=O)Cc3cocn3)c2)n1. The highest BCUT2D eigenvalue weighted by molar-refractivity contribution is 6.34. The van der Waals surface area contributed by atoms with Crippen LogP contribution in [0.15, 0.2) is 41.3 Å². The van der Waals surface area contributed by atoms with Crippen molar-refractivity contribution in [3.63, 3.8) is 0 Å². The topological polar surface area (TPSA) is 92.9 Å². The fourth-order valence-corrected chi connectivity index (χ4v) is 2.51. The van der Waals surface area contributed by atoms with Crippen molar-refractivity contribution in [3.05, 3.63) is 58.9 Å². The minimum atomic E-state index is -0.149. The van der Waals surface area contributed by atoms with Gasteiger partial charge in [-0.1, -0.05) is 11.6 Å². The van der Waals surface area contributed by atoms with Crippen molar-refractivity contribution in [2.75, 3.05) is 17.7 Å². The van der Waals surface area contributed by atoms with Crippen LogP contribution < -0.4 is 10.6 Å². The monoisotopic (exact) mass is 357 g/mol. The zero-order valence-electron chi connectivity index (χ0n) is 13.7. The van der Waals surface area contributed by atoms with Crippen molar-refractivity contribution < 1.29 is 9.21 Å². The van der Waals surface area contributed by atoms with Crippen molar-refractivity contribution in [1.29, 1.82) is 0 Å². The van der Waals surface area contributed by atoms with E-state index in [9.17, 15) is 4.79 Å². The summed E-state index contributed by atoms with van der Waals surface area (Å²) in [4.78, 5) is 25.1. The lowest BCUT2D eigenvalue weighted by Crippen LogP contribution is -2.06. The summed E-state index contributed by atoms with van der Waals surface area (Å²) in [7, 11) is 1.79. The van der Waals surface area contributed by atoms with Gasteiger partial charge in [-0.05, 0) is 25.1 Å². The first-order chi connectivity index (χ1) is 12.0. The van der Waals surface area contributed by atoms with Crippen LogP contribution in [0.1, 0.15) is 21.7 Å². The minimum absolute atomic E-state index is 0.116. The maximum atomic E-state index is 12.5. The number of hydrogen-bond acceptors (Lipinski definition) is 7. The lowest BCUT2D eigenvalue weighted by molar-refractivity contribution is 0.0992. The molecule has 3 rings (SSSR count). The molecule has 8 heteroatoms. The Morgan fingerprint density at radius 3 is 2.84 bits per heavy atom. The number of hydrogen-bond donors (Lipinski definition) is 2. The summed E-state index contributed by atoms with van der Waals surface area (Å²) in [6, 6.07) is 6.93. The van der Waals surface area contributed by atoms with Gasteiger partial charge in [0.05, 0.1) is 17.1 Å². The van der Waals surface area contributed by atoms with Crippen LogP contribution in [-0.2, 0) is 6.42 Å². The molecule has 0 bridgehead atoms. The molecule has 0 aliphatic rings. The number of nitrogens with zero attached hydrogens (tertiary/aromatic N) is 3. The minimum Gasteiger partial charge on any atom is -0.451 e. The van der Waals surface area contributed by atoms with Crippen LogP contribution in [0, 0.1) is 6.92 Å². The second-order valence-corrected chi connectivity index (χ2v) is 5.77. The maximum Gasteiger partial charge on any atom is 0.229 e. The van der Waals surface area contributed by atoms with Gasteiger partial charge in [0.25, 0.3) is 0 Å². The third-order valence-electron chi connectivity index (χ3n) is 3.46. The molecular formula is C17H16ClN5O2. The molecular weight excluding hydrogens is 342 g/mol. The predicted molar refractivity (Wildman–Crippen MR) is 95.6 cm³/mol. The summed E-state index contributed by atoms with van der Waals surface area (Å²) in [5.74, 6) is 0.983. The second-order valence-electron chi connectivity index (χ2n) is 5.37. The summed E-state index contributed by atoms with van der Waals surface area (Å²) in [5.41, 5.74) is 2.44. The first-order valence-electron chi connectivity index (χ1n) is 7.55. The molecule has 0 aliphatic heterocycles. The second kappa shape index (κ2) is 7.31. The fraction of sp³-hybridized carbons (Fsp3) is 0.176. The third kappa shape index (κ3) is 4.13. The Balaban J connectivity index is 1.84. The van der Waals surface area contributed by atoms with E-state index < -0.39 is 0 Å². The molecule has 0 fully saturated rings. The van der Waals surface area contributed by atoms with E-state index in [1.807, 2.05) is 13.0 Å². The quantitative estimate of drug-likeness (QED) is 0.650. The molecule has 2 N–H and O–H groups in total. The molecule has 0 unspecified atom stereocenters. The van der Waals surface area contributed by atoms with Crippen LogP contribution in [0.25, 0.3) is 0 Å². The van der Waals surface area contributed by atoms with E-state index in [1.54, 1.807) is 25.2 Å². The number of ketones is 1. The number of anilines is 3. The number of nitrogens with one attached hydrogen (secondary N) is 2. The molecule has 0 aliphatic carbocycles.